The zero-order valence-corrected chi connectivity index (χ0v) is 27.4. The fraction of sp³-hybridized carbons (Fsp3) is 0.947. The molecule has 10 rings (SSSR count). The number of carbonyl (C=O) groups excluding carboxylic acids is 2. The van der Waals surface area contributed by atoms with Crippen LogP contribution in [0.1, 0.15) is 118 Å². The molecule has 42 heavy (non-hydrogen) atoms. The van der Waals surface area contributed by atoms with E-state index in [-0.39, 0.29) is 13.2 Å². The van der Waals surface area contributed by atoms with Crippen LogP contribution in [-0.4, -0.2) is 36.0 Å². The number of aldehydes is 2. The van der Waals surface area contributed by atoms with Crippen LogP contribution in [-0.2, 0) is 9.59 Å². The summed E-state index contributed by atoms with van der Waals surface area (Å²) in [5, 5.41) is 15.1. The summed E-state index contributed by atoms with van der Waals surface area (Å²) in [5.74, 6) is 19.6. The quantitative estimate of drug-likeness (QED) is 0.225. The van der Waals surface area contributed by atoms with Crippen LogP contribution < -0.4 is 0 Å². The van der Waals surface area contributed by atoms with Gasteiger partial charge in [-0.15, -0.1) is 0 Å². The second kappa shape index (κ2) is 14.6. The summed E-state index contributed by atoms with van der Waals surface area (Å²) in [7, 11) is 0. The summed E-state index contributed by atoms with van der Waals surface area (Å²) in [6.45, 7) is 6.75. The molecule has 2 N–H and O–H groups in total. The lowest BCUT2D eigenvalue weighted by atomic mass is 9.64. The molecule has 0 spiro atoms. The normalized spacial score (nSPS) is 50.6. The zero-order chi connectivity index (χ0) is 30.0. The molecule has 10 aliphatic rings. The molecule has 0 radical (unpaired) electrons. The van der Waals surface area contributed by atoms with Gasteiger partial charge >= 0.3 is 0 Å². The molecule has 0 heterocycles. The van der Waals surface area contributed by atoms with E-state index in [1.165, 1.54) is 109 Å². The van der Waals surface area contributed by atoms with E-state index in [1.54, 1.807) is 104 Å². The van der Waals surface area contributed by atoms with Gasteiger partial charge in [-0.3, -0.25) is 0 Å². The van der Waals surface area contributed by atoms with Crippen molar-refractivity contribution in [3.8, 4) is 0 Å². The molecule has 10 saturated carbocycles. The van der Waals surface area contributed by atoms with E-state index in [0.29, 0.717) is 0 Å². The molecular weight excluding hydrogens is 520 g/mol. The third-order valence-electron chi connectivity index (χ3n) is 14.6. The second-order valence-electron chi connectivity index (χ2n) is 15.7. The Morgan fingerprint density at radius 1 is 0.452 bits per heavy atom. The molecule has 0 aromatic carbocycles. The molecule has 0 aliphatic heterocycles. The van der Waals surface area contributed by atoms with Crippen molar-refractivity contribution in [2.24, 2.45) is 94.7 Å². The Morgan fingerprint density at radius 3 is 0.881 bits per heavy atom. The molecule has 4 heteroatoms. The number of aliphatic hydroxyl groups excluding tert-OH is 2. The van der Waals surface area contributed by atoms with Gasteiger partial charge in [-0.2, -0.15) is 0 Å². The van der Waals surface area contributed by atoms with Crippen LogP contribution in [0, 0.1) is 94.7 Å². The maximum absolute atomic E-state index is 8.81. The maximum atomic E-state index is 8.81. The van der Waals surface area contributed by atoms with Crippen LogP contribution in [0.5, 0.6) is 0 Å². The van der Waals surface area contributed by atoms with Crippen LogP contribution >= 0.6 is 0 Å². The van der Waals surface area contributed by atoms with Crippen LogP contribution in [0.15, 0.2) is 0 Å². The molecule has 0 aromatic rings. The van der Waals surface area contributed by atoms with Crippen molar-refractivity contribution in [3.63, 3.8) is 0 Å². The Morgan fingerprint density at radius 2 is 0.667 bits per heavy atom. The van der Waals surface area contributed by atoms with Gasteiger partial charge in [-0.1, -0.05) is 12.8 Å². The monoisotopic (exact) mass is 584 g/mol. The molecule has 4 nitrogen and oxygen atoms in total. The zero-order valence-electron chi connectivity index (χ0n) is 27.4. The molecule has 16 unspecified atom stereocenters. The molecule has 10 fully saturated rings. The van der Waals surface area contributed by atoms with Gasteiger partial charge in [-0.25, -0.2) is 0 Å². The minimum atomic E-state index is 0.250. The van der Waals surface area contributed by atoms with Crippen molar-refractivity contribution >= 4 is 12.6 Å². The summed E-state index contributed by atoms with van der Waals surface area (Å²) >= 11 is 0. The average molecular weight is 585 g/mol. The molecule has 0 saturated heterocycles. The second-order valence-corrected chi connectivity index (χ2v) is 15.7. The first-order valence-corrected chi connectivity index (χ1v) is 18.5. The fourth-order valence-electron chi connectivity index (χ4n) is 14.6. The Bertz CT molecular complexity index is 747. The summed E-state index contributed by atoms with van der Waals surface area (Å²) in [6.07, 6.45) is 24.3. The van der Waals surface area contributed by atoms with Crippen LogP contribution in [0.3, 0.4) is 0 Å². The highest BCUT2D eigenvalue weighted by atomic mass is 16.3. The first-order valence-electron chi connectivity index (χ1n) is 18.5. The minimum Gasteiger partial charge on any atom is -0.397 e. The van der Waals surface area contributed by atoms with Crippen molar-refractivity contribution in [1.82, 2.24) is 0 Å². The van der Waals surface area contributed by atoms with Crippen LogP contribution in [0.2, 0.25) is 0 Å². The number of aliphatic hydroxyl groups is 2. The number of fused-ring (bicyclic) bond motifs is 24. The van der Waals surface area contributed by atoms with Crippen molar-refractivity contribution in [2.45, 2.75) is 118 Å². The molecule has 10 aliphatic carbocycles. The van der Waals surface area contributed by atoms with Gasteiger partial charge in [0.05, 0.1) is 0 Å². The van der Waals surface area contributed by atoms with Gasteiger partial charge in [0.1, 0.15) is 12.6 Å². The number of hydrogen-bond acceptors (Lipinski definition) is 4. The minimum absolute atomic E-state index is 0.250. The van der Waals surface area contributed by atoms with Crippen molar-refractivity contribution in [1.29, 1.82) is 0 Å². The SMILES string of the molecule is C1CC2C(C1)C1CC2C2C3CCC(C3)C12.C1CC2C(C1)C1CC2C2C3CCC(C3)C12.CC=O.CC=O.CCO.CCO. The van der Waals surface area contributed by atoms with Gasteiger partial charge in [0.15, 0.2) is 0 Å². The summed E-state index contributed by atoms with van der Waals surface area (Å²) in [5.41, 5.74) is 0. The Kier molecular flexibility index (Phi) is 11.3. The highest BCUT2D eigenvalue weighted by Crippen LogP contribution is 2.74. The lowest BCUT2D eigenvalue weighted by Crippen LogP contribution is -2.35. The average Bonchev–Trinajstić information content (AvgIpc) is 3.84. The molecule has 8 bridgehead atoms. The Hall–Kier alpha value is -0.740. The number of hydrogen-bond donors (Lipinski definition) is 2. The lowest BCUT2D eigenvalue weighted by Gasteiger charge is -2.40. The predicted octanol–water partition coefficient (Wildman–Crippen LogP) is 7.84. The molecule has 16 atom stereocenters. The van der Waals surface area contributed by atoms with Crippen LogP contribution in [0.25, 0.3) is 0 Å². The van der Waals surface area contributed by atoms with E-state index < -0.39 is 0 Å². The topological polar surface area (TPSA) is 74.6 Å². The summed E-state index contributed by atoms with van der Waals surface area (Å²) in [4.78, 5) is 17.6. The number of carbonyl (C=O) groups is 2. The van der Waals surface area contributed by atoms with Gasteiger partial charge in [-0.05, 0) is 199 Å². The predicted molar refractivity (Wildman–Crippen MR) is 169 cm³/mol. The highest BCUT2D eigenvalue weighted by Gasteiger charge is 2.67. The standard InChI is InChI=1S/2C15H22.2C2H6O.2C2H4O/c2*1-2-10-11(3-1)13-7-12(10)14-8-4-5-9(6-8)15(13)14;4*1-2-3/h2*8-15H,1-7H2;2*3H,2H2,1H3;2*2H,1H3. The third-order valence-corrected chi connectivity index (χ3v) is 14.6. The van der Waals surface area contributed by atoms with E-state index in [1.807, 2.05) is 0 Å². The Labute approximate surface area is 257 Å². The first-order chi connectivity index (χ1) is 20.5. The first kappa shape index (κ1) is 32.6. The third kappa shape index (κ3) is 5.60. The molecule has 0 amide bonds. The number of rotatable bonds is 0. The van der Waals surface area contributed by atoms with E-state index in [2.05, 4.69) is 0 Å². The molecular formula is C38H64O4. The largest absolute Gasteiger partial charge is 0.397 e. The van der Waals surface area contributed by atoms with Gasteiger partial charge < -0.3 is 19.8 Å². The van der Waals surface area contributed by atoms with Gasteiger partial charge in [0.2, 0.25) is 0 Å². The van der Waals surface area contributed by atoms with E-state index in [9.17, 15) is 0 Å². The van der Waals surface area contributed by atoms with Crippen molar-refractivity contribution in [3.05, 3.63) is 0 Å². The van der Waals surface area contributed by atoms with E-state index >= 15 is 0 Å². The smallest absolute Gasteiger partial charge is 0.116 e. The fourth-order valence-corrected chi connectivity index (χ4v) is 14.6. The van der Waals surface area contributed by atoms with Gasteiger partial charge in [0.25, 0.3) is 0 Å². The van der Waals surface area contributed by atoms with Crippen LogP contribution in [0.4, 0.5) is 0 Å². The summed E-state index contributed by atoms with van der Waals surface area (Å²) in [6, 6.07) is 0. The maximum Gasteiger partial charge on any atom is 0.116 e. The molecule has 240 valence electrons. The van der Waals surface area contributed by atoms with Gasteiger partial charge in [0, 0.05) is 13.2 Å². The summed E-state index contributed by atoms with van der Waals surface area (Å²) < 4.78 is 0. The molecule has 0 aromatic heterocycles. The van der Waals surface area contributed by atoms with Crippen molar-refractivity contribution < 1.29 is 19.8 Å². The lowest BCUT2D eigenvalue weighted by molar-refractivity contribution is -0.106. The Balaban J connectivity index is 0.000000124. The highest BCUT2D eigenvalue weighted by molar-refractivity contribution is 5.44. The van der Waals surface area contributed by atoms with E-state index in [4.69, 9.17) is 19.8 Å². The van der Waals surface area contributed by atoms with Crippen molar-refractivity contribution in [2.75, 3.05) is 13.2 Å². The van der Waals surface area contributed by atoms with E-state index in [0.717, 1.165) is 12.6 Å².